The summed E-state index contributed by atoms with van der Waals surface area (Å²) in [5.74, 6) is 0.0416. The van der Waals surface area contributed by atoms with Gasteiger partial charge in [0.1, 0.15) is 11.7 Å². The molecule has 0 radical (unpaired) electrons. The van der Waals surface area contributed by atoms with Crippen LogP contribution in [0, 0.1) is 23.0 Å². The molecule has 0 bridgehead atoms. The molecule has 2 aromatic carbocycles. The average molecular weight is 425 g/mol. The van der Waals surface area contributed by atoms with Gasteiger partial charge >= 0.3 is 0 Å². The first-order valence-electron chi connectivity index (χ1n) is 10.4. The lowest BCUT2D eigenvalue weighted by Gasteiger charge is -2.37. The first kappa shape index (κ1) is 22.4. The summed E-state index contributed by atoms with van der Waals surface area (Å²) >= 11 is 0. The molecule has 2 amide bonds. The number of likely N-dealkylation sites (tertiary alicyclic amines) is 1. The molecule has 2 N–H and O–H groups in total. The predicted octanol–water partition coefficient (Wildman–Crippen LogP) is 3.43. The van der Waals surface area contributed by atoms with Crippen molar-refractivity contribution in [3.63, 3.8) is 0 Å². The maximum absolute atomic E-state index is 13.3. The Morgan fingerprint density at radius 3 is 2.45 bits per heavy atom. The van der Waals surface area contributed by atoms with Gasteiger partial charge < -0.3 is 10.6 Å². The van der Waals surface area contributed by atoms with Crippen LogP contribution in [0.25, 0.3) is 0 Å². The number of aryl methyl sites for hydroxylation is 1. The Morgan fingerprint density at radius 1 is 1.16 bits per heavy atom. The first-order valence-corrected chi connectivity index (χ1v) is 10.4. The monoisotopic (exact) mass is 424 g/mol. The summed E-state index contributed by atoms with van der Waals surface area (Å²) in [6.07, 6.45) is 1.73. The summed E-state index contributed by atoms with van der Waals surface area (Å²) in [5.41, 5.74) is 1.68. The van der Waals surface area contributed by atoms with Crippen LogP contribution in [0.3, 0.4) is 0 Å². The molecule has 0 spiro atoms. The number of anilines is 1. The third kappa shape index (κ3) is 5.88. The quantitative estimate of drug-likeness (QED) is 0.523. The van der Waals surface area contributed by atoms with E-state index in [9.17, 15) is 19.7 Å². The van der Waals surface area contributed by atoms with E-state index in [-0.39, 0.29) is 23.2 Å². The van der Waals surface area contributed by atoms with Crippen LogP contribution in [0.5, 0.6) is 0 Å². The number of rotatable bonds is 7. The van der Waals surface area contributed by atoms with Crippen molar-refractivity contribution in [2.75, 3.05) is 25.0 Å². The Morgan fingerprint density at radius 2 is 1.84 bits per heavy atom. The minimum atomic E-state index is -0.552. The van der Waals surface area contributed by atoms with Crippen LogP contribution >= 0.6 is 0 Å². The molecule has 1 unspecified atom stereocenters. The Bertz CT molecular complexity index is 940. The number of carbonyl (C=O) groups excluding carboxylic acids is 2. The van der Waals surface area contributed by atoms with Gasteiger partial charge in [0.15, 0.2) is 0 Å². The second kappa shape index (κ2) is 10.2. The first-order chi connectivity index (χ1) is 14.8. The summed E-state index contributed by atoms with van der Waals surface area (Å²) in [6, 6.07) is 13.7. The number of nitro benzene ring substituents is 1. The molecule has 1 aliphatic heterocycles. The molecule has 1 saturated heterocycles. The maximum Gasteiger partial charge on any atom is 0.293 e. The molecule has 8 heteroatoms. The van der Waals surface area contributed by atoms with E-state index in [4.69, 9.17) is 0 Å². The van der Waals surface area contributed by atoms with Gasteiger partial charge in [0, 0.05) is 19.5 Å². The fourth-order valence-corrected chi connectivity index (χ4v) is 3.97. The van der Waals surface area contributed by atoms with Crippen LogP contribution in [0.2, 0.25) is 0 Å². The van der Waals surface area contributed by atoms with Crippen LogP contribution in [-0.4, -0.2) is 41.3 Å². The fourth-order valence-electron chi connectivity index (χ4n) is 3.97. The lowest BCUT2D eigenvalue weighted by Crippen LogP contribution is -2.44. The summed E-state index contributed by atoms with van der Waals surface area (Å²) in [4.78, 5) is 37.6. The number of nitrogens with one attached hydrogen (secondary N) is 2. The van der Waals surface area contributed by atoms with Crippen molar-refractivity contribution in [2.24, 2.45) is 5.92 Å². The highest BCUT2D eigenvalue weighted by atomic mass is 16.6. The van der Waals surface area contributed by atoms with E-state index in [0.717, 1.165) is 24.0 Å². The number of nitrogens with zero attached hydrogens (tertiary/aromatic N) is 2. The van der Waals surface area contributed by atoms with E-state index < -0.39 is 11.0 Å². The van der Waals surface area contributed by atoms with Crippen molar-refractivity contribution < 1.29 is 14.5 Å². The zero-order valence-corrected chi connectivity index (χ0v) is 17.8. The molecule has 1 heterocycles. The van der Waals surface area contributed by atoms with Gasteiger partial charge in [-0.05, 0) is 56.0 Å². The standard InChI is InChI=1S/C23H28N4O4/c1-16-8-9-20(21(14-16)27(30)31)25-23(29)22(19-6-4-3-5-7-19)26-12-10-18(11-13-26)15-24-17(2)28/h3-9,14,18,22H,10-13,15H2,1-2H3,(H,24,28)(H,25,29). The Labute approximate surface area is 181 Å². The van der Waals surface area contributed by atoms with Crippen molar-refractivity contribution in [3.8, 4) is 0 Å². The number of amides is 2. The highest BCUT2D eigenvalue weighted by Gasteiger charge is 2.32. The highest BCUT2D eigenvalue weighted by Crippen LogP contribution is 2.31. The van der Waals surface area contributed by atoms with Gasteiger partial charge in [-0.2, -0.15) is 0 Å². The number of piperidine rings is 1. The number of hydrogen-bond donors (Lipinski definition) is 2. The predicted molar refractivity (Wildman–Crippen MR) is 119 cm³/mol. The van der Waals surface area contributed by atoms with Crippen molar-refractivity contribution in [3.05, 3.63) is 69.8 Å². The molecule has 0 saturated carbocycles. The molecule has 8 nitrogen and oxygen atoms in total. The number of hydrogen-bond acceptors (Lipinski definition) is 5. The topological polar surface area (TPSA) is 105 Å². The SMILES string of the molecule is CC(=O)NCC1CCN(C(C(=O)Nc2ccc(C)cc2[N+](=O)[O-])c2ccccc2)CC1. The second-order valence-electron chi connectivity index (χ2n) is 8.00. The molecule has 0 aliphatic carbocycles. The van der Waals surface area contributed by atoms with Gasteiger partial charge in [-0.1, -0.05) is 36.4 Å². The molecular weight excluding hydrogens is 396 g/mol. The van der Waals surface area contributed by atoms with E-state index in [1.54, 1.807) is 19.1 Å². The second-order valence-corrected chi connectivity index (χ2v) is 8.00. The third-order valence-electron chi connectivity index (χ3n) is 5.63. The van der Waals surface area contributed by atoms with E-state index in [1.807, 2.05) is 30.3 Å². The molecule has 1 atom stereocenters. The summed E-state index contributed by atoms with van der Waals surface area (Å²) in [5, 5.41) is 17.1. The third-order valence-corrected chi connectivity index (χ3v) is 5.63. The summed E-state index contributed by atoms with van der Waals surface area (Å²) < 4.78 is 0. The van der Waals surface area contributed by atoms with Gasteiger partial charge in [-0.15, -0.1) is 0 Å². The van der Waals surface area contributed by atoms with Gasteiger partial charge in [0.2, 0.25) is 11.8 Å². The smallest absolute Gasteiger partial charge is 0.293 e. The van der Waals surface area contributed by atoms with Crippen LogP contribution in [0.15, 0.2) is 48.5 Å². The van der Waals surface area contributed by atoms with Gasteiger partial charge in [-0.3, -0.25) is 24.6 Å². The Kier molecular flexibility index (Phi) is 7.36. The normalized spacial score (nSPS) is 15.8. The zero-order valence-electron chi connectivity index (χ0n) is 17.8. The minimum Gasteiger partial charge on any atom is -0.356 e. The average Bonchev–Trinajstić information content (AvgIpc) is 2.75. The fraction of sp³-hybridized carbons (Fsp3) is 0.391. The minimum absolute atomic E-state index is 0.0383. The summed E-state index contributed by atoms with van der Waals surface area (Å²) in [6.45, 7) is 5.33. The Balaban J connectivity index is 1.79. The molecule has 2 aromatic rings. The van der Waals surface area contributed by atoms with Gasteiger partial charge in [0.25, 0.3) is 5.69 Å². The lowest BCUT2D eigenvalue weighted by molar-refractivity contribution is -0.384. The van der Waals surface area contributed by atoms with E-state index >= 15 is 0 Å². The highest BCUT2D eigenvalue weighted by molar-refractivity contribution is 5.97. The number of nitro groups is 1. The molecule has 31 heavy (non-hydrogen) atoms. The molecule has 3 rings (SSSR count). The van der Waals surface area contributed by atoms with E-state index in [0.29, 0.717) is 25.6 Å². The van der Waals surface area contributed by atoms with Gasteiger partial charge in [-0.25, -0.2) is 0 Å². The maximum atomic E-state index is 13.3. The van der Waals surface area contributed by atoms with Crippen LogP contribution < -0.4 is 10.6 Å². The van der Waals surface area contributed by atoms with Gasteiger partial charge in [0.05, 0.1) is 4.92 Å². The van der Waals surface area contributed by atoms with Crippen LogP contribution in [0.1, 0.15) is 36.9 Å². The largest absolute Gasteiger partial charge is 0.356 e. The lowest BCUT2D eigenvalue weighted by atomic mass is 9.93. The molecule has 164 valence electrons. The molecular formula is C23H28N4O4. The van der Waals surface area contributed by atoms with Crippen LogP contribution in [0.4, 0.5) is 11.4 Å². The van der Waals surface area contributed by atoms with Crippen molar-refractivity contribution in [1.82, 2.24) is 10.2 Å². The van der Waals surface area contributed by atoms with Crippen molar-refractivity contribution in [2.45, 2.75) is 32.7 Å². The molecule has 1 aliphatic rings. The van der Waals surface area contributed by atoms with Crippen molar-refractivity contribution >= 4 is 23.2 Å². The van der Waals surface area contributed by atoms with Crippen LogP contribution in [-0.2, 0) is 9.59 Å². The van der Waals surface area contributed by atoms with E-state index in [1.165, 1.54) is 13.0 Å². The summed E-state index contributed by atoms with van der Waals surface area (Å²) in [7, 11) is 0. The van der Waals surface area contributed by atoms with E-state index in [2.05, 4.69) is 15.5 Å². The van der Waals surface area contributed by atoms with Crippen molar-refractivity contribution in [1.29, 1.82) is 0 Å². The number of carbonyl (C=O) groups is 2. The Hall–Kier alpha value is -3.26. The molecule has 0 aromatic heterocycles. The number of benzene rings is 2. The zero-order chi connectivity index (χ0) is 22.4. The molecule has 1 fully saturated rings.